The molecular weight excluding hydrogens is 545 g/mol. The Labute approximate surface area is 244 Å². The molecule has 41 heavy (non-hydrogen) atoms. The Morgan fingerprint density at radius 1 is 0.951 bits per heavy atom. The maximum Gasteiger partial charge on any atom is 0.469 e. The number of aryl methyl sites for hydroxylation is 1. The highest BCUT2D eigenvalue weighted by Gasteiger charge is 2.23. The third-order valence-electron chi connectivity index (χ3n) is 6.26. The average molecular weight is 592 g/mol. The number of urea groups is 1. The van der Waals surface area contributed by atoms with Crippen LogP contribution in [0.4, 0.5) is 21.9 Å². The largest absolute Gasteiger partial charge is 0.469 e. The quantitative estimate of drug-likeness (QED) is 0.133. The number of carbonyl (C=O) groups is 2. The second-order valence-electron chi connectivity index (χ2n) is 11.3. The maximum atomic E-state index is 13.1. The van der Waals surface area contributed by atoms with Crippen LogP contribution < -0.4 is 15.5 Å². The summed E-state index contributed by atoms with van der Waals surface area (Å²) in [6, 6.07) is 13.1. The fraction of sp³-hybridized carbons (Fsp3) is 0.533. The van der Waals surface area contributed by atoms with Gasteiger partial charge in [-0.05, 0) is 67.9 Å². The van der Waals surface area contributed by atoms with Crippen molar-refractivity contribution in [2.24, 2.45) is 11.8 Å². The zero-order valence-corrected chi connectivity index (χ0v) is 26.1. The standard InChI is InChI=1S/C30H46N3O7P/c1-8-24(16-29(34)39-19-23(7)40-41(36,37)38)25-11-14-28(33(17-20(2)3)18-21(4)5)27(15-25)32-30(35)31-26-12-9-22(6)10-13-26/h9-15,20-21,23-24H,8,16-19H2,1-7H3,(H2,31,32,35)(H2,36,37,38)/t23-,24-/m0/s1. The molecule has 0 unspecified atom stereocenters. The van der Waals surface area contributed by atoms with E-state index in [2.05, 4.69) is 47.8 Å². The van der Waals surface area contributed by atoms with Crippen molar-refractivity contribution in [3.63, 3.8) is 0 Å². The first-order chi connectivity index (χ1) is 19.2. The van der Waals surface area contributed by atoms with E-state index in [0.29, 0.717) is 29.6 Å². The summed E-state index contributed by atoms with van der Waals surface area (Å²) in [5, 5.41) is 5.93. The van der Waals surface area contributed by atoms with Gasteiger partial charge >= 0.3 is 19.8 Å². The summed E-state index contributed by atoms with van der Waals surface area (Å²) in [5.74, 6) is 0.101. The molecule has 2 rings (SSSR count). The van der Waals surface area contributed by atoms with E-state index >= 15 is 0 Å². The van der Waals surface area contributed by atoms with Crippen molar-refractivity contribution < 1.29 is 33.2 Å². The van der Waals surface area contributed by atoms with Crippen LogP contribution in [0.3, 0.4) is 0 Å². The Morgan fingerprint density at radius 2 is 1.56 bits per heavy atom. The summed E-state index contributed by atoms with van der Waals surface area (Å²) in [5.41, 5.74) is 4.18. The van der Waals surface area contributed by atoms with Crippen LogP contribution in [0.15, 0.2) is 42.5 Å². The van der Waals surface area contributed by atoms with Crippen LogP contribution in [0.25, 0.3) is 0 Å². The number of hydrogen-bond acceptors (Lipinski definition) is 6. The fourth-order valence-electron chi connectivity index (χ4n) is 4.49. The van der Waals surface area contributed by atoms with Crippen LogP contribution in [-0.4, -0.2) is 47.6 Å². The number of ether oxygens (including phenoxy) is 1. The molecule has 0 fully saturated rings. The first-order valence-corrected chi connectivity index (χ1v) is 15.6. The number of rotatable bonds is 15. The Bertz CT molecular complexity index is 1170. The number of nitrogens with one attached hydrogen (secondary N) is 2. The van der Waals surface area contributed by atoms with Crippen LogP contribution in [-0.2, 0) is 18.6 Å². The number of benzene rings is 2. The first-order valence-electron chi connectivity index (χ1n) is 14.1. The topological polar surface area (TPSA) is 137 Å². The molecule has 4 N–H and O–H groups in total. The molecule has 0 saturated heterocycles. The van der Waals surface area contributed by atoms with Crippen molar-refractivity contribution in [1.82, 2.24) is 0 Å². The van der Waals surface area contributed by atoms with E-state index in [1.807, 2.05) is 56.3 Å². The highest BCUT2D eigenvalue weighted by Crippen LogP contribution is 2.38. The van der Waals surface area contributed by atoms with E-state index in [1.165, 1.54) is 6.92 Å². The van der Waals surface area contributed by atoms with Gasteiger partial charge in [0.05, 0.1) is 17.8 Å². The molecule has 0 saturated carbocycles. The lowest BCUT2D eigenvalue weighted by molar-refractivity contribution is -0.146. The number of hydrogen-bond donors (Lipinski definition) is 4. The zero-order valence-electron chi connectivity index (χ0n) is 25.2. The number of carbonyl (C=O) groups excluding carboxylic acids is 2. The molecule has 0 aliphatic rings. The lowest BCUT2D eigenvalue weighted by atomic mass is 9.92. The van der Waals surface area contributed by atoms with Gasteiger partial charge in [0.15, 0.2) is 0 Å². The van der Waals surface area contributed by atoms with Gasteiger partial charge in [-0.25, -0.2) is 9.36 Å². The van der Waals surface area contributed by atoms with Crippen molar-refractivity contribution in [3.05, 3.63) is 53.6 Å². The Morgan fingerprint density at radius 3 is 2.10 bits per heavy atom. The lowest BCUT2D eigenvalue weighted by Gasteiger charge is -2.31. The molecule has 0 heterocycles. The molecule has 10 nitrogen and oxygen atoms in total. The van der Waals surface area contributed by atoms with Gasteiger partial charge in [-0.2, -0.15) is 0 Å². The normalized spacial score (nSPS) is 13.1. The molecule has 2 aromatic rings. The minimum Gasteiger partial charge on any atom is -0.463 e. The number of phosphoric ester groups is 1. The highest BCUT2D eigenvalue weighted by molar-refractivity contribution is 7.46. The summed E-state index contributed by atoms with van der Waals surface area (Å²) in [4.78, 5) is 45.8. The first kappa shape index (κ1) is 34.3. The summed E-state index contributed by atoms with van der Waals surface area (Å²) in [6.07, 6.45) is -0.246. The molecule has 2 aromatic carbocycles. The van der Waals surface area contributed by atoms with Gasteiger partial charge in [0.1, 0.15) is 12.7 Å². The molecular formula is C30H46N3O7P. The van der Waals surface area contributed by atoms with Crippen LogP contribution in [0.1, 0.15) is 71.4 Å². The predicted molar refractivity (Wildman–Crippen MR) is 163 cm³/mol. The molecule has 2 amide bonds. The summed E-state index contributed by atoms with van der Waals surface area (Å²) < 4.78 is 20.8. The zero-order chi connectivity index (χ0) is 30.7. The van der Waals surface area contributed by atoms with Gasteiger partial charge < -0.3 is 30.1 Å². The van der Waals surface area contributed by atoms with Gasteiger partial charge in [-0.15, -0.1) is 0 Å². The predicted octanol–water partition coefficient (Wildman–Crippen LogP) is 6.68. The minimum absolute atomic E-state index is 0.0647. The smallest absolute Gasteiger partial charge is 0.463 e. The number of anilines is 3. The van der Waals surface area contributed by atoms with Crippen molar-refractivity contribution >= 4 is 36.9 Å². The molecule has 2 atom stereocenters. The van der Waals surface area contributed by atoms with E-state index in [-0.39, 0.29) is 25.0 Å². The van der Waals surface area contributed by atoms with Gasteiger partial charge in [0.2, 0.25) is 0 Å². The van der Waals surface area contributed by atoms with Crippen LogP contribution in [0.5, 0.6) is 0 Å². The third-order valence-corrected chi connectivity index (χ3v) is 6.90. The lowest BCUT2D eigenvalue weighted by Crippen LogP contribution is -2.32. The summed E-state index contributed by atoms with van der Waals surface area (Å²) in [7, 11) is -4.67. The molecule has 0 aliphatic heterocycles. The monoisotopic (exact) mass is 591 g/mol. The number of nitrogens with zero attached hydrogens (tertiary/aromatic N) is 1. The molecule has 0 aromatic heterocycles. The fourth-order valence-corrected chi connectivity index (χ4v) is 5.02. The van der Waals surface area contributed by atoms with Crippen molar-refractivity contribution in [1.29, 1.82) is 0 Å². The molecule has 11 heteroatoms. The Balaban J connectivity index is 2.31. The van der Waals surface area contributed by atoms with Gasteiger partial charge in [-0.1, -0.05) is 58.4 Å². The molecule has 0 radical (unpaired) electrons. The maximum absolute atomic E-state index is 13.1. The van der Waals surface area contributed by atoms with Crippen molar-refractivity contribution in [2.45, 2.75) is 73.3 Å². The van der Waals surface area contributed by atoms with E-state index in [9.17, 15) is 14.2 Å². The van der Waals surface area contributed by atoms with Crippen LogP contribution >= 0.6 is 7.82 Å². The van der Waals surface area contributed by atoms with E-state index in [4.69, 9.17) is 14.5 Å². The summed E-state index contributed by atoms with van der Waals surface area (Å²) in [6.45, 7) is 15.3. The molecule has 0 bridgehead atoms. The van der Waals surface area contributed by atoms with Crippen molar-refractivity contribution in [3.8, 4) is 0 Å². The SMILES string of the molecule is CC[C@@H](CC(=O)OC[C@H](C)OP(=O)(O)O)c1ccc(N(CC(C)C)CC(C)C)c(NC(=O)Nc2ccc(C)cc2)c1. The van der Waals surface area contributed by atoms with E-state index in [1.54, 1.807) is 0 Å². The highest BCUT2D eigenvalue weighted by atomic mass is 31.2. The van der Waals surface area contributed by atoms with Gasteiger partial charge in [0, 0.05) is 18.8 Å². The summed E-state index contributed by atoms with van der Waals surface area (Å²) >= 11 is 0. The third kappa shape index (κ3) is 12.6. The van der Waals surface area contributed by atoms with E-state index in [0.717, 1.165) is 29.9 Å². The van der Waals surface area contributed by atoms with Crippen LogP contribution in [0.2, 0.25) is 0 Å². The van der Waals surface area contributed by atoms with E-state index < -0.39 is 19.9 Å². The Kier molecular flexibility index (Phi) is 13.3. The minimum atomic E-state index is -4.67. The van der Waals surface area contributed by atoms with Gasteiger partial charge in [-0.3, -0.25) is 9.32 Å². The average Bonchev–Trinajstić information content (AvgIpc) is 2.85. The molecule has 228 valence electrons. The second kappa shape index (κ2) is 15.9. The second-order valence-corrected chi connectivity index (χ2v) is 12.5. The number of esters is 1. The van der Waals surface area contributed by atoms with Gasteiger partial charge in [0.25, 0.3) is 0 Å². The number of phosphoric acid groups is 1. The Hall–Kier alpha value is -2.91. The molecule has 0 aliphatic carbocycles. The molecule has 0 spiro atoms. The number of amides is 2. The van der Waals surface area contributed by atoms with Crippen molar-refractivity contribution in [2.75, 3.05) is 35.2 Å². The van der Waals surface area contributed by atoms with Crippen LogP contribution in [0, 0.1) is 18.8 Å².